The third-order valence-electron chi connectivity index (χ3n) is 5.82. The van der Waals surface area contributed by atoms with Crippen LogP contribution < -0.4 is 5.32 Å². The van der Waals surface area contributed by atoms with Crippen molar-refractivity contribution in [2.24, 2.45) is 0 Å². The minimum absolute atomic E-state index is 0.0755. The maximum atomic E-state index is 11.2. The van der Waals surface area contributed by atoms with Gasteiger partial charge in [-0.1, -0.05) is 24.3 Å². The lowest BCUT2D eigenvalue weighted by Crippen LogP contribution is -2.39. The second kappa shape index (κ2) is 9.35. The predicted octanol–water partition coefficient (Wildman–Crippen LogP) is 3.74. The van der Waals surface area contributed by atoms with Gasteiger partial charge >= 0.3 is 0 Å². The van der Waals surface area contributed by atoms with Gasteiger partial charge in [0.05, 0.1) is 23.7 Å². The van der Waals surface area contributed by atoms with E-state index in [2.05, 4.69) is 20.2 Å². The summed E-state index contributed by atoms with van der Waals surface area (Å²) in [6.45, 7) is 5.22. The molecule has 0 atom stereocenters. The number of anilines is 1. The summed E-state index contributed by atoms with van der Waals surface area (Å²) >= 11 is 0. The largest absolute Gasteiger partial charge is 0.379 e. The number of ether oxygens (including phenoxy) is 1. The Labute approximate surface area is 190 Å². The molecule has 1 N–H and O–H groups in total. The topological polar surface area (TPSA) is 98.4 Å². The van der Waals surface area contributed by atoms with E-state index in [1.165, 1.54) is 6.07 Å². The van der Waals surface area contributed by atoms with Gasteiger partial charge < -0.3 is 14.6 Å². The monoisotopic (exact) mass is 444 g/mol. The number of benzene rings is 2. The Kier molecular flexibility index (Phi) is 5.97. The van der Waals surface area contributed by atoms with Crippen LogP contribution in [0.25, 0.3) is 27.8 Å². The first-order valence-electron chi connectivity index (χ1n) is 10.9. The number of hydrogen-bond acceptors (Lipinski definition) is 7. The second-order valence-corrected chi connectivity index (χ2v) is 7.91. The first-order valence-corrected chi connectivity index (χ1v) is 10.9. The van der Waals surface area contributed by atoms with Gasteiger partial charge in [0, 0.05) is 56.0 Å². The molecule has 1 aliphatic heterocycles. The summed E-state index contributed by atoms with van der Waals surface area (Å²) in [6.07, 6.45) is 3.53. The quantitative estimate of drug-likeness (QED) is 0.342. The molecule has 1 saturated heterocycles. The molecule has 0 aliphatic carbocycles. The lowest BCUT2D eigenvalue weighted by Gasteiger charge is -2.26. The maximum Gasteiger partial charge on any atom is 0.270 e. The Morgan fingerprint density at radius 3 is 2.73 bits per heavy atom. The van der Waals surface area contributed by atoms with Gasteiger partial charge in [-0.2, -0.15) is 0 Å². The minimum Gasteiger partial charge on any atom is -0.379 e. The molecule has 0 bridgehead atoms. The van der Waals surface area contributed by atoms with E-state index >= 15 is 0 Å². The van der Waals surface area contributed by atoms with Crippen LogP contribution in [0.4, 0.5) is 11.5 Å². The molecule has 33 heavy (non-hydrogen) atoms. The zero-order valence-electron chi connectivity index (χ0n) is 18.1. The van der Waals surface area contributed by atoms with Crippen molar-refractivity contribution in [2.75, 3.05) is 44.7 Å². The molecule has 2 aromatic heterocycles. The van der Waals surface area contributed by atoms with E-state index in [-0.39, 0.29) is 10.6 Å². The predicted molar refractivity (Wildman–Crippen MR) is 127 cm³/mol. The van der Waals surface area contributed by atoms with E-state index in [1.54, 1.807) is 18.5 Å². The van der Waals surface area contributed by atoms with Gasteiger partial charge in [-0.3, -0.25) is 15.0 Å². The first kappa shape index (κ1) is 21.0. The highest BCUT2D eigenvalue weighted by Gasteiger charge is 2.12. The lowest BCUT2D eigenvalue weighted by molar-refractivity contribution is -0.384. The molecule has 9 heteroatoms. The minimum atomic E-state index is -0.376. The van der Waals surface area contributed by atoms with E-state index in [4.69, 9.17) is 4.74 Å². The molecule has 0 saturated carbocycles. The molecule has 1 fully saturated rings. The third kappa shape index (κ3) is 4.69. The van der Waals surface area contributed by atoms with E-state index in [1.807, 2.05) is 47.2 Å². The Hall–Kier alpha value is -3.82. The van der Waals surface area contributed by atoms with Crippen molar-refractivity contribution in [1.29, 1.82) is 0 Å². The molecular weight excluding hydrogens is 420 g/mol. The van der Waals surface area contributed by atoms with Gasteiger partial charge in [0.1, 0.15) is 18.0 Å². The number of rotatable bonds is 7. The number of aromatic nitrogens is 3. The van der Waals surface area contributed by atoms with Gasteiger partial charge in [0.25, 0.3) is 5.69 Å². The van der Waals surface area contributed by atoms with Crippen LogP contribution in [-0.2, 0) is 4.74 Å². The number of non-ortho nitro benzene ring substituents is 1. The summed E-state index contributed by atoms with van der Waals surface area (Å²) in [7, 11) is 0. The van der Waals surface area contributed by atoms with Crippen molar-refractivity contribution in [3.8, 4) is 16.9 Å². The Balaban J connectivity index is 1.38. The molecule has 1 aliphatic rings. The summed E-state index contributed by atoms with van der Waals surface area (Å²) in [5.74, 6) is 1.52. The van der Waals surface area contributed by atoms with Gasteiger partial charge in [-0.25, -0.2) is 9.97 Å². The molecule has 168 valence electrons. The van der Waals surface area contributed by atoms with Crippen molar-refractivity contribution in [1.82, 2.24) is 19.4 Å². The van der Waals surface area contributed by atoms with Gasteiger partial charge in [0.15, 0.2) is 0 Å². The number of fused-ring (bicyclic) bond motifs is 1. The molecule has 0 unspecified atom stereocenters. The van der Waals surface area contributed by atoms with E-state index < -0.39 is 0 Å². The molecule has 9 nitrogen and oxygen atoms in total. The molecule has 0 spiro atoms. The van der Waals surface area contributed by atoms with Crippen molar-refractivity contribution >= 4 is 22.4 Å². The Bertz CT molecular complexity index is 1280. The van der Waals surface area contributed by atoms with Gasteiger partial charge in [0.2, 0.25) is 0 Å². The number of hydrogen-bond donors (Lipinski definition) is 1. The standard InChI is InChI=1S/C24H24N6O3/c31-30(32)21-3-1-2-19(14-21)20-5-4-18-6-8-29(22(18)15-20)24-16-23(26-17-27-24)25-7-9-28-10-12-33-13-11-28/h1-6,8,14-17H,7,9-13H2,(H,25,26,27). The van der Waals surface area contributed by atoms with Crippen LogP contribution >= 0.6 is 0 Å². The summed E-state index contributed by atoms with van der Waals surface area (Å²) in [5.41, 5.74) is 2.75. The van der Waals surface area contributed by atoms with Crippen LogP contribution in [0.15, 0.2) is 67.1 Å². The van der Waals surface area contributed by atoms with Crippen LogP contribution in [0.3, 0.4) is 0 Å². The van der Waals surface area contributed by atoms with Crippen LogP contribution in [0, 0.1) is 10.1 Å². The lowest BCUT2D eigenvalue weighted by atomic mass is 10.0. The van der Waals surface area contributed by atoms with Crippen LogP contribution in [0.5, 0.6) is 0 Å². The van der Waals surface area contributed by atoms with Crippen molar-refractivity contribution < 1.29 is 9.66 Å². The zero-order valence-corrected chi connectivity index (χ0v) is 18.1. The Morgan fingerprint density at radius 1 is 1.03 bits per heavy atom. The van der Waals surface area contributed by atoms with Crippen molar-refractivity contribution in [2.45, 2.75) is 0 Å². The van der Waals surface area contributed by atoms with Crippen molar-refractivity contribution in [3.05, 3.63) is 77.2 Å². The molecule has 5 rings (SSSR count). The number of nitrogens with zero attached hydrogens (tertiary/aromatic N) is 5. The van der Waals surface area contributed by atoms with Crippen molar-refractivity contribution in [3.63, 3.8) is 0 Å². The molecule has 3 heterocycles. The average Bonchev–Trinajstić information content (AvgIpc) is 3.28. The number of morpholine rings is 1. The summed E-state index contributed by atoms with van der Waals surface area (Å²) in [5, 5.41) is 15.6. The van der Waals surface area contributed by atoms with E-state index in [0.717, 1.165) is 73.1 Å². The second-order valence-electron chi connectivity index (χ2n) is 7.91. The number of nitro groups is 1. The molecule has 4 aromatic rings. The average molecular weight is 444 g/mol. The number of nitro benzene ring substituents is 1. The molecular formula is C24H24N6O3. The van der Waals surface area contributed by atoms with Crippen LogP contribution in [0.2, 0.25) is 0 Å². The molecule has 0 amide bonds. The van der Waals surface area contributed by atoms with Gasteiger partial charge in [-0.15, -0.1) is 0 Å². The van der Waals surface area contributed by atoms with Crippen LogP contribution in [-0.4, -0.2) is 63.8 Å². The normalized spacial score (nSPS) is 14.4. The highest BCUT2D eigenvalue weighted by molar-refractivity contribution is 5.87. The summed E-state index contributed by atoms with van der Waals surface area (Å²) in [6, 6.07) is 16.7. The fraction of sp³-hybridized carbons (Fsp3) is 0.250. The third-order valence-corrected chi connectivity index (χ3v) is 5.82. The fourth-order valence-corrected chi connectivity index (χ4v) is 4.05. The smallest absolute Gasteiger partial charge is 0.270 e. The zero-order chi connectivity index (χ0) is 22.6. The van der Waals surface area contributed by atoms with Crippen LogP contribution in [0.1, 0.15) is 0 Å². The summed E-state index contributed by atoms with van der Waals surface area (Å²) < 4.78 is 7.40. The van der Waals surface area contributed by atoms with E-state index in [9.17, 15) is 10.1 Å². The molecule has 0 radical (unpaired) electrons. The molecule has 2 aromatic carbocycles. The maximum absolute atomic E-state index is 11.2. The SMILES string of the molecule is O=[N+]([O-])c1cccc(-c2ccc3ccn(-c4cc(NCCN5CCOCC5)ncn4)c3c2)c1. The highest BCUT2D eigenvalue weighted by atomic mass is 16.6. The van der Waals surface area contributed by atoms with Gasteiger partial charge in [-0.05, 0) is 23.3 Å². The summed E-state index contributed by atoms with van der Waals surface area (Å²) in [4.78, 5) is 22.0. The van der Waals surface area contributed by atoms with E-state index in [0.29, 0.717) is 0 Å². The Morgan fingerprint density at radius 2 is 1.88 bits per heavy atom. The highest BCUT2D eigenvalue weighted by Crippen LogP contribution is 2.29. The fourth-order valence-electron chi connectivity index (χ4n) is 4.05. The first-order chi connectivity index (χ1) is 16.2. The number of nitrogens with one attached hydrogen (secondary N) is 1.